The summed E-state index contributed by atoms with van der Waals surface area (Å²) >= 11 is 3.95. The number of nitrogens with two attached hydrogens (primary N) is 1. The van der Waals surface area contributed by atoms with E-state index < -0.39 is 47.9 Å². The van der Waals surface area contributed by atoms with Crippen LogP contribution in [0.1, 0.15) is 46.2 Å². The van der Waals surface area contributed by atoms with Gasteiger partial charge >= 0.3 is 5.97 Å². The number of aromatic amines is 1. The van der Waals surface area contributed by atoms with Gasteiger partial charge in [-0.25, -0.2) is 9.78 Å². The predicted octanol–water partition coefficient (Wildman–Crippen LogP) is -0.159. The van der Waals surface area contributed by atoms with E-state index in [1.165, 1.54) is 12.5 Å². The number of carbonyl (C=O) groups excluding carboxylic acids is 3. The topological polar surface area (TPSA) is 179 Å². The van der Waals surface area contributed by atoms with Crippen LogP contribution in [0.3, 0.4) is 0 Å². The molecule has 0 saturated heterocycles. The number of H-pyrrole nitrogens is 1. The fourth-order valence-corrected chi connectivity index (χ4v) is 3.37. The zero-order valence-electron chi connectivity index (χ0n) is 19.5. The zero-order valence-corrected chi connectivity index (χ0v) is 20.4. The molecule has 0 radical (unpaired) electrons. The predicted molar refractivity (Wildman–Crippen MR) is 126 cm³/mol. The minimum Gasteiger partial charge on any atom is -0.480 e. The number of nitrogens with one attached hydrogen (secondary N) is 4. The summed E-state index contributed by atoms with van der Waals surface area (Å²) in [5.41, 5.74) is 6.53. The summed E-state index contributed by atoms with van der Waals surface area (Å²) in [5.74, 6) is -3.09. The van der Waals surface area contributed by atoms with Gasteiger partial charge in [-0.1, -0.05) is 34.1 Å². The molecule has 5 atom stereocenters. The number of aliphatic carboxylic acids is 1. The molecule has 3 amide bonds. The van der Waals surface area contributed by atoms with Crippen LogP contribution in [0.2, 0.25) is 0 Å². The van der Waals surface area contributed by atoms with E-state index in [-0.39, 0.29) is 24.0 Å². The van der Waals surface area contributed by atoms with Crippen molar-refractivity contribution in [1.29, 1.82) is 0 Å². The standard InChI is InChI=1S/C21H36N6O5S/c1-5-12(4)17(27-18(28)14(22)6-11(2)3)20(30)25-15(7-13-8-23-10-24-13)19(29)26-16(9-33)21(31)32/h8,10-12,14-17,33H,5-7,9,22H2,1-4H3,(H,23,24)(H,25,30)(H,26,29)(H,27,28)(H,31,32). The first-order chi connectivity index (χ1) is 15.5. The number of aromatic nitrogens is 2. The molecule has 0 aliphatic heterocycles. The number of carboxylic acids is 1. The van der Waals surface area contributed by atoms with Crippen LogP contribution in [-0.4, -0.2) is 68.7 Å². The Balaban J connectivity index is 3.04. The van der Waals surface area contributed by atoms with Gasteiger partial charge in [0.25, 0.3) is 0 Å². The zero-order chi connectivity index (χ0) is 25.1. The quantitative estimate of drug-likeness (QED) is 0.179. The van der Waals surface area contributed by atoms with Crippen molar-refractivity contribution in [3.8, 4) is 0 Å². The second-order valence-electron chi connectivity index (χ2n) is 8.53. The van der Waals surface area contributed by atoms with Gasteiger partial charge in [-0.15, -0.1) is 0 Å². The van der Waals surface area contributed by atoms with E-state index in [2.05, 4.69) is 38.5 Å². The van der Waals surface area contributed by atoms with Crippen molar-refractivity contribution in [2.45, 2.75) is 71.1 Å². The summed E-state index contributed by atoms with van der Waals surface area (Å²) in [7, 11) is 0. The van der Waals surface area contributed by atoms with Crippen LogP contribution in [0.25, 0.3) is 0 Å². The van der Waals surface area contributed by atoms with Crippen LogP contribution < -0.4 is 21.7 Å². The number of nitrogens with zero attached hydrogens (tertiary/aromatic N) is 1. The Bertz CT molecular complexity index is 788. The molecular formula is C21H36N6O5S. The van der Waals surface area contributed by atoms with Crippen molar-refractivity contribution < 1.29 is 24.3 Å². The number of carboxylic acid groups (broad SMARTS) is 1. The van der Waals surface area contributed by atoms with Crippen LogP contribution in [0.5, 0.6) is 0 Å². The maximum absolute atomic E-state index is 13.2. The number of hydrogen-bond acceptors (Lipinski definition) is 7. The van der Waals surface area contributed by atoms with Crippen molar-refractivity contribution in [3.05, 3.63) is 18.2 Å². The molecule has 0 aromatic carbocycles. The molecule has 11 nitrogen and oxygen atoms in total. The van der Waals surface area contributed by atoms with E-state index in [9.17, 15) is 24.3 Å². The Kier molecular flexibility index (Phi) is 11.9. The molecule has 1 aromatic heterocycles. The molecule has 33 heavy (non-hydrogen) atoms. The Hall–Kier alpha value is -2.60. The molecule has 1 aromatic rings. The van der Waals surface area contributed by atoms with Crippen molar-refractivity contribution in [2.24, 2.45) is 17.6 Å². The second kappa shape index (κ2) is 13.8. The molecule has 0 aliphatic rings. The van der Waals surface area contributed by atoms with Gasteiger partial charge in [-0.05, 0) is 18.3 Å². The summed E-state index contributed by atoms with van der Waals surface area (Å²) < 4.78 is 0. The van der Waals surface area contributed by atoms with Gasteiger partial charge < -0.3 is 31.8 Å². The molecule has 0 aliphatic carbocycles. The molecule has 5 unspecified atom stereocenters. The SMILES string of the molecule is CCC(C)C(NC(=O)C(N)CC(C)C)C(=O)NC(Cc1cnc[nH]1)C(=O)NC(CS)C(=O)O. The highest BCUT2D eigenvalue weighted by Gasteiger charge is 2.32. The van der Waals surface area contributed by atoms with E-state index in [1.54, 1.807) is 0 Å². The summed E-state index contributed by atoms with van der Waals surface area (Å²) in [5, 5.41) is 17.0. The average Bonchev–Trinajstić information content (AvgIpc) is 3.26. The first-order valence-electron chi connectivity index (χ1n) is 11.0. The highest BCUT2D eigenvalue weighted by atomic mass is 32.1. The first kappa shape index (κ1) is 28.4. The molecule has 186 valence electrons. The number of carbonyl (C=O) groups is 4. The number of thiol groups is 1. The van der Waals surface area contributed by atoms with Gasteiger partial charge in [-0.2, -0.15) is 12.6 Å². The fourth-order valence-electron chi connectivity index (χ4n) is 3.12. The minimum absolute atomic E-state index is 0.0462. The summed E-state index contributed by atoms with van der Waals surface area (Å²) in [4.78, 5) is 56.6. The van der Waals surface area contributed by atoms with Gasteiger partial charge in [0.05, 0.1) is 12.4 Å². The van der Waals surface area contributed by atoms with Gasteiger partial charge in [-0.3, -0.25) is 14.4 Å². The highest BCUT2D eigenvalue weighted by Crippen LogP contribution is 2.11. The molecular weight excluding hydrogens is 448 g/mol. The van der Waals surface area contributed by atoms with Crippen LogP contribution in [0.15, 0.2) is 12.5 Å². The second-order valence-corrected chi connectivity index (χ2v) is 8.90. The average molecular weight is 485 g/mol. The number of rotatable bonds is 14. The van der Waals surface area contributed by atoms with Crippen LogP contribution >= 0.6 is 12.6 Å². The third-order valence-electron chi connectivity index (χ3n) is 5.26. The molecule has 0 fully saturated rings. The lowest BCUT2D eigenvalue weighted by Gasteiger charge is -2.28. The largest absolute Gasteiger partial charge is 0.480 e. The van der Waals surface area contributed by atoms with E-state index in [0.29, 0.717) is 18.5 Å². The molecule has 1 heterocycles. The lowest BCUT2D eigenvalue weighted by Crippen LogP contribution is -2.59. The first-order valence-corrected chi connectivity index (χ1v) is 11.6. The molecule has 0 bridgehead atoms. The Morgan fingerprint density at radius 2 is 1.73 bits per heavy atom. The monoisotopic (exact) mass is 484 g/mol. The van der Waals surface area contributed by atoms with Gasteiger partial charge in [0.15, 0.2) is 0 Å². The Morgan fingerprint density at radius 1 is 1.09 bits per heavy atom. The Labute approximate surface area is 199 Å². The minimum atomic E-state index is -1.24. The third kappa shape index (κ3) is 9.42. The van der Waals surface area contributed by atoms with Crippen LogP contribution in [0, 0.1) is 11.8 Å². The summed E-state index contributed by atoms with van der Waals surface area (Å²) in [6, 6.07) is -4.01. The molecule has 1 rings (SSSR count). The third-order valence-corrected chi connectivity index (χ3v) is 5.63. The highest BCUT2D eigenvalue weighted by molar-refractivity contribution is 7.80. The molecule has 0 saturated carbocycles. The maximum Gasteiger partial charge on any atom is 0.327 e. The summed E-state index contributed by atoms with van der Waals surface area (Å²) in [6.07, 6.45) is 4.03. The Morgan fingerprint density at radius 3 is 2.21 bits per heavy atom. The van der Waals surface area contributed by atoms with Gasteiger partial charge in [0, 0.05) is 24.1 Å². The van der Waals surface area contributed by atoms with Gasteiger partial charge in [0.2, 0.25) is 17.7 Å². The fraction of sp³-hybridized carbons (Fsp3) is 0.667. The summed E-state index contributed by atoms with van der Waals surface area (Å²) in [6.45, 7) is 7.58. The lowest BCUT2D eigenvalue weighted by atomic mass is 9.96. The van der Waals surface area contributed by atoms with Crippen LogP contribution in [-0.2, 0) is 25.6 Å². The smallest absolute Gasteiger partial charge is 0.327 e. The van der Waals surface area contributed by atoms with E-state index in [1.807, 2.05) is 27.7 Å². The molecule has 0 spiro atoms. The number of hydrogen-bond donors (Lipinski definition) is 7. The van der Waals surface area contributed by atoms with Crippen LogP contribution in [0.4, 0.5) is 0 Å². The van der Waals surface area contributed by atoms with Crippen molar-refractivity contribution in [1.82, 2.24) is 25.9 Å². The number of imidazole rings is 1. The van der Waals surface area contributed by atoms with Crippen molar-refractivity contribution in [2.75, 3.05) is 5.75 Å². The van der Waals surface area contributed by atoms with E-state index in [0.717, 1.165) is 0 Å². The normalized spacial score (nSPS) is 15.7. The van der Waals surface area contributed by atoms with Crippen molar-refractivity contribution in [3.63, 3.8) is 0 Å². The number of amides is 3. The molecule has 12 heteroatoms. The van der Waals surface area contributed by atoms with Gasteiger partial charge in [0.1, 0.15) is 18.1 Å². The molecule has 7 N–H and O–H groups in total. The maximum atomic E-state index is 13.2. The van der Waals surface area contributed by atoms with E-state index >= 15 is 0 Å². The van der Waals surface area contributed by atoms with E-state index in [4.69, 9.17) is 5.73 Å². The lowest BCUT2D eigenvalue weighted by molar-refractivity contribution is -0.141. The van der Waals surface area contributed by atoms with Crippen molar-refractivity contribution >= 4 is 36.3 Å².